The van der Waals surface area contributed by atoms with Gasteiger partial charge >= 0.3 is 0 Å². The van der Waals surface area contributed by atoms with Crippen molar-refractivity contribution in [3.05, 3.63) is 81.6 Å². The number of carbonyl (C=O) groups excluding carboxylic acids is 1. The molecule has 1 aliphatic carbocycles. The normalized spacial score (nSPS) is 17.6. The Labute approximate surface area is 230 Å². The van der Waals surface area contributed by atoms with Gasteiger partial charge in [0.15, 0.2) is 12.1 Å². The molecule has 0 radical (unpaired) electrons. The molecule has 11 heteroatoms. The van der Waals surface area contributed by atoms with Gasteiger partial charge in [-0.25, -0.2) is 5.10 Å². The number of nitrogens with two attached hydrogens (primary N) is 1. The van der Waals surface area contributed by atoms with Crippen molar-refractivity contribution in [3.63, 3.8) is 0 Å². The fourth-order valence-electron chi connectivity index (χ4n) is 4.82. The average Bonchev–Trinajstić information content (AvgIpc) is 3.71. The second kappa shape index (κ2) is 12.0. The number of rotatable bonds is 7. The Balaban J connectivity index is 0.000000306. The number of hydrogen-bond acceptors (Lipinski definition) is 9. The number of aromatic amines is 1. The van der Waals surface area contributed by atoms with Crippen LogP contribution in [0.1, 0.15) is 31.7 Å². The molecule has 6 rings (SSSR count). The molecule has 206 valence electrons. The summed E-state index contributed by atoms with van der Waals surface area (Å²) in [5, 5.41) is 14.5. The van der Waals surface area contributed by atoms with Gasteiger partial charge in [0.05, 0.1) is 11.4 Å². The Hall–Kier alpha value is -4.64. The molecule has 2 aromatic carbocycles. The van der Waals surface area contributed by atoms with Crippen LogP contribution < -0.4 is 16.0 Å². The van der Waals surface area contributed by atoms with Gasteiger partial charge in [-0.3, -0.25) is 14.3 Å². The predicted octanol–water partition coefficient (Wildman–Crippen LogP) is 4.67. The summed E-state index contributed by atoms with van der Waals surface area (Å²) in [5.74, 6) is 2.20. The van der Waals surface area contributed by atoms with Crippen LogP contribution in [0.25, 0.3) is 22.2 Å². The largest absolute Gasteiger partial charge is 0.457 e. The Morgan fingerprint density at radius 2 is 1.82 bits per heavy atom. The van der Waals surface area contributed by atoms with Crippen molar-refractivity contribution < 1.29 is 9.53 Å². The SMILES string of the molecule is CN1CCCC(n2nc(-c3ccc(Oc4ccccc4)cc3)c3c(N)n[nH]c(=O)c32)C1.O=C/C(=C/C1CC1)N=O. The minimum absolute atomic E-state index is 0.0394. The molecule has 4 aromatic rings. The molecular formula is C29H31N7O4. The predicted molar refractivity (Wildman–Crippen MR) is 153 cm³/mol. The van der Waals surface area contributed by atoms with Crippen LogP contribution in [-0.4, -0.2) is 51.3 Å². The van der Waals surface area contributed by atoms with Gasteiger partial charge in [-0.05, 0) is 92.8 Å². The van der Waals surface area contributed by atoms with Gasteiger partial charge in [-0.2, -0.15) is 10.2 Å². The zero-order valence-corrected chi connectivity index (χ0v) is 22.2. The third-order valence-corrected chi connectivity index (χ3v) is 6.97. The summed E-state index contributed by atoms with van der Waals surface area (Å²) in [6.07, 6.45) is 6.32. The molecule has 1 saturated heterocycles. The number of likely N-dealkylation sites (tertiary alicyclic amines) is 1. The standard InChI is InChI=1S/C23H24N6O2.C6H7NO2/c1-28-13-5-6-16(14-28)29-21-19(22(24)25-26-23(21)30)20(27-29)15-9-11-18(12-10-15)31-17-7-3-2-4-8-17;8-4-6(7-9)3-5-1-2-5/h2-4,7-12,16H,5-6,13-14H2,1H3,(H2,24,25)(H,26,30);3-5H,1-2H2/b;6-3-. The zero-order chi connectivity index (χ0) is 28.1. The molecule has 3 heterocycles. The van der Waals surface area contributed by atoms with Crippen molar-refractivity contribution in [1.82, 2.24) is 24.9 Å². The molecule has 2 fully saturated rings. The third kappa shape index (κ3) is 6.15. The number of H-pyrrole nitrogens is 1. The van der Waals surface area contributed by atoms with E-state index < -0.39 is 0 Å². The molecule has 0 bridgehead atoms. The van der Waals surface area contributed by atoms with Gasteiger partial charge in [0, 0.05) is 12.1 Å². The number of hydrogen-bond donors (Lipinski definition) is 2. The zero-order valence-electron chi connectivity index (χ0n) is 22.2. The number of piperidine rings is 1. The minimum Gasteiger partial charge on any atom is -0.457 e. The molecule has 2 aromatic heterocycles. The second-order valence-corrected chi connectivity index (χ2v) is 10.1. The second-order valence-electron chi connectivity index (χ2n) is 10.1. The van der Waals surface area contributed by atoms with Crippen LogP contribution in [0.2, 0.25) is 0 Å². The summed E-state index contributed by atoms with van der Waals surface area (Å²) < 4.78 is 7.73. The number of aromatic nitrogens is 4. The van der Waals surface area contributed by atoms with Crippen LogP contribution in [0.5, 0.6) is 11.5 Å². The summed E-state index contributed by atoms with van der Waals surface area (Å²) in [7, 11) is 2.09. The van der Waals surface area contributed by atoms with E-state index >= 15 is 0 Å². The number of benzene rings is 2. The third-order valence-electron chi connectivity index (χ3n) is 6.97. The van der Waals surface area contributed by atoms with Crippen molar-refractivity contribution in [2.24, 2.45) is 11.1 Å². The number of aldehydes is 1. The van der Waals surface area contributed by atoms with E-state index in [0.717, 1.165) is 55.8 Å². The highest BCUT2D eigenvalue weighted by Gasteiger charge is 2.26. The summed E-state index contributed by atoms with van der Waals surface area (Å²) in [6.45, 7) is 1.88. The van der Waals surface area contributed by atoms with Crippen molar-refractivity contribution in [2.45, 2.75) is 31.7 Å². The number of allylic oxidation sites excluding steroid dienone is 2. The number of nitrogen functional groups attached to an aromatic ring is 1. The Kier molecular flexibility index (Phi) is 8.11. The van der Waals surface area contributed by atoms with Crippen LogP contribution in [0, 0.1) is 10.8 Å². The Bertz CT molecular complexity index is 1560. The van der Waals surface area contributed by atoms with Crippen LogP contribution in [0.3, 0.4) is 0 Å². The lowest BCUT2D eigenvalue weighted by atomic mass is 10.1. The lowest BCUT2D eigenvalue weighted by Gasteiger charge is -2.30. The van der Waals surface area contributed by atoms with Gasteiger partial charge < -0.3 is 15.4 Å². The first kappa shape index (κ1) is 26.9. The maximum absolute atomic E-state index is 12.7. The monoisotopic (exact) mass is 541 g/mol. The van der Waals surface area contributed by atoms with Crippen LogP contribution in [0.15, 0.2) is 76.3 Å². The van der Waals surface area contributed by atoms with Gasteiger partial charge in [-0.1, -0.05) is 18.2 Å². The first-order valence-corrected chi connectivity index (χ1v) is 13.3. The van der Waals surface area contributed by atoms with E-state index in [9.17, 15) is 14.5 Å². The van der Waals surface area contributed by atoms with Crippen molar-refractivity contribution in [3.8, 4) is 22.8 Å². The van der Waals surface area contributed by atoms with Crippen LogP contribution in [-0.2, 0) is 4.79 Å². The molecule has 1 saturated carbocycles. The number of nitrogens with one attached hydrogen (secondary N) is 1. The molecule has 3 N–H and O–H groups in total. The molecular weight excluding hydrogens is 510 g/mol. The van der Waals surface area contributed by atoms with Gasteiger partial charge in [-0.15, -0.1) is 4.91 Å². The van der Waals surface area contributed by atoms with E-state index in [1.807, 2.05) is 59.3 Å². The van der Waals surface area contributed by atoms with E-state index in [0.29, 0.717) is 28.8 Å². The number of fused-ring (bicyclic) bond motifs is 1. The fourth-order valence-corrected chi connectivity index (χ4v) is 4.82. The van der Waals surface area contributed by atoms with E-state index in [1.165, 1.54) is 0 Å². The topological polar surface area (TPSA) is 149 Å². The van der Waals surface area contributed by atoms with E-state index in [1.54, 1.807) is 6.08 Å². The maximum Gasteiger partial charge on any atom is 0.290 e. The van der Waals surface area contributed by atoms with Gasteiger partial charge in [0.1, 0.15) is 28.4 Å². The molecule has 1 aliphatic heterocycles. The lowest BCUT2D eigenvalue weighted by Crippen LogP contribution is -2.34. The maximum atomic E-state index is 12.7. The number of anilines is 1. The molecule has 11 nitrogen and oxygen atoms in total. The quantitative estimate of drug-likeness (QED) is 0.195. The molecule has 0 spiro atoms. The smallest absolute Gasteiger partial charge is 0.290 e. The summed E-state index contributed by atoms with van der Waals surface area (Å²) >= 11 is 0. The van der Waals surface area contributed by atoms with Crippen molar-refractivity contribution in [2.75, 3.05) is 25.9 Å². The average molecular weight is 542 g/mol. The molecule has 1 atom stereocenters. The highest BCUT2D eigenvalue weighted by atomic mass is 16.5. The molecule has 0 amide bonds. The van der Waals surface area contributed by atoms with E-state index in [4.69, 9.17) is 15.6 Å². The first-order valence-electron chi connectivity index (χ1n) is 13.3. The highest BCUT2D eigenvalue weighted by molar-refractivity contribution is 5.99. The lowest BCUT2D eigenvalue weighted by molar-refractivity contribution is -0.105. The van der Waals surface area contributed by atoms with Crippen molar-refractivity contribution in [1.29, 1.82) is 0 Å². The van der Waals surface area contributed by atoms with Crippen molar-refractivity contribution >= 4 is 23.0 Å². The first-order chi connectivity index (χ1) is 19.5. The summed E-state index contributed by atoms with van der Waals surface area (Å²) in [5.41, 5.74) is 7.95. The minimum atomic E-state index is -0.278. The van der Waals surface area contributed by atoms with Gasteiger partial charge in [0.2, 0.25) is 0 Å². The Morgan fingerprint density at radius 3 is 2.48 bits per heavy atom. The number of nitroso groups, excluding NO2 is 1. The number of carbonyl (C=O) groups is 1. The van der Waals surface area contributed by atoms with E-state index in [-0.39, 0.29) is 23.1 Å². The van der Waals surface area contributed by atoms with E-state index in [2.05, 4.69) is 27.3 Å². The summed E-state index contributed by atoms with van der Waals surface area (Å²) in [6, 6.07) is 17.4. The number of nitrogens with zero attached hydrogens (tertiary/aromatic N) is 5. The number of likely N-dealkylation sites (N-methyl/N-ethyl adjacent to an activating group) is 1. The van der Waals surface area contributed by atoms with Crippen LogP contribution in [0.4, 0.5) is 5.82 Å². The molecule has 1 unspecified atom stereocenters. The van der Waals surface area contributed by atoms with Crippen LogP contribution >= 0.6 is 0 Å². The fraction of sp³-hybridized carbons (Fsp3) is 0.310. The summed E-state index contributed by atoms with van der Waals surface area (Å²) in [4.78, 5) is 34.7. The molecule has 40 heavy (non-hydrogen) atoms. The number of para-hydroxylation sites is 1. The molecule has 2 aliphatic rings. The van der Waals surface area contributed by atoms with Gasteiger partial charge in [0.25, 0.3) is 5.56 Å². The number of ether oxygens (including phenoxy) is 1. The highest BCUT2D eigenvalue weighted by Crippen LogP contribution is 2.34. The Morgan fingerprint density at radius 1 is 1.10 bits per heavy atom.